The van der Waals surface area contributed by atoms with Gasteiger partial charge in [-0.1, -0.05) is 6.92 Å². The number of hydrogen-bond donors (Lipinski definition) is 2. The number of ether oxygens (including phenoxy) is 2. The summed E-state index contributed by atoms with van der Waals surface area (Å²) in [6.45, 7) is 7.23. The van der Waals surface area contributed by atoms with Crippen LogP contribution < -0.4 is 10.4 Å². The van der Waals surface area contributed by atoms with Gasteiger partial charge in [0.25, 0.3) is 0 Å². The Morgan fingerprint density at radius 3 is 2.53 bits per heavy atom. The number of carboxylic acid groups (broad SMARTS) is 1. The molecule has 12 heteroatoms. The molecule has 3 heterocycles. The van der Waals surface area contributed by atoms with Crippen molar-refractivity contribution in [3.05, 3.63) is 29.8 Å². The van der Waals surface area contributed by atoms with Crippen LogP contribution in [-0.2, 0) is 23.9 Å². The fourth-order valence-corrected chi connectivity index (χ4v) is 4.57. The number of amidine groups is 1. The van der Waals surface area contributed by atoms with E-state index >= 15 is 0 Å². The van der Waals surface area contributed by atoms with E-state index in [-0.39, 0.29) is 31.5 Å². The second kappa shape index (κ2) is 11.7. The minimum atomic E-state index is -1.03. The molecule has 0 saturated carbocycles. The van der Waals surface area contributed by atoms with E-state index in [1.165, 1.54) is 0 Å². The molecular formula is C24H33N5O7. The number of esters is 1. The van der Waals surface area contributed by atoms with Gasteiger partial charge < -0.3 is 14.6 Å². The van der Waals surface area contributed by atoms with E-state index in [2.05, 4.69) is 15.4 Å². The zero-order valence-electron chi connectivity index (χ0n) is 20.6. The lowest BCUT2D eigenvalue weighted by Gasteiger charge is -2.38. The van der Waals surface area contributed by atoms with E-state index in [0.717, 1.165) is 17.7 Å². The summed E-state index contributed by atoms with van der Waals surface area (Å²) in [6.07, 6.45) is -0.380. The molecule has 2 saturated heterocycles. The molecule has 1 amide bonds. The van der Waals surface area contributed by atoms with Gasteiger partial charge in [0.15, 0.2) is 12.1 Å². The molecule has 0 aliphatic carbocycles. The number of aliphatic carboxylic acids is 1. The molecule has 12 nitrogen and oxygen atoms in total. The normalized spacial score (nSPS) is 23.7. The van der Waals surface area contributed by atoms with E-state index in [4.69, 9.17) is 14.3 Å². The number of rotatable bonds is 10. The van der Waals surface area contributed by atoms with E-state index in [1.807, 2.05) is 36.1 Å². The third-order valence-electron chi connectivity index (χ3n) is 6.48. The number of cyclic esters (lactones) is 1. The Hall–Kier alpha value is -3.22. The number of nitrogens with one attached hydrogen (secondary N) is 1. The van der Waals surface area contributed by atoms with Gasteiger partial charge in [0, 0.05) is 44.0 Å². The van der Waals surface area contributed by atoms with E-state index in [1.54, 1.807) is 11.8 Å². The molecule has 3 aliphatic rings. The van der Waals surface area contributed by atoms with Gasteiger partial charge in [-0.3, -0.25) is 24.3 Å². The number of amides is 1. The number of nitrogens with zero attached hydrogens (tertiary/aromatic N) is 4. The number of carbonyl (C=O) groups is 3. The summed E-state index contributed by atoms with van der Waals surface area (Å²) in [5.74, 6) is -0.872. The minimum Gasteiger partial charge on any atom is -0.481 e. The van der Waals surface area contributed by atoms with Gasteiger partial charge in [-0.15, -0.1) is 0 Å². The highest BCUT2D eigenvalue weighted by Crippen LogP contribution is 2.24. The Bertz CT molecular complexity index is 978. The van der Waals surface area contributed by atoms with Crippen molar-refractivity contribution in [1.82, 2.24) is 15.3 Å². The van der Waals surface area contributed by atoms with Crippen molar-refractivity contribution in [2.45, 2.75) is 45.1 Å². The maximum atomic E-state index is 12.5. The molecule has 0 spiro atoms. The standard InChI is InChI=1S/C24H33N5O7/c1-3-20-25-22(26-36-20)16-5-7-17(8-6-16)29-15-18(35-24(29)33)14-27-9-11-28(12-10-27)19(13-21(30)31)23(32)34-4-2/h5-8,18-20H,3-4,9-15H2,1-2H3,(H,25,26)(H,30,31). The second-order valence-electron chi connectivity index (χ2n) is 8.93. The van der Waals surface area contributed by atoms with Crippen LogP contribution in [0.4, 0.5) is 10.5 Å². The van der Waals surface area contributed by atoms with Crippen LogP contribution in [0.5, 0.6) is 0 Å². The summed E-state index contributed by atoms with van der Waals surface area (Å²) in [6, 6.07) is 6.70. The number of hydroxylamine groups is 1. The summed E-state index contributed by atoms with van der Waals surface area (Å²) in [4.78, 5) is 51.5. The van der Waals surface area contributed by atoms with Gasteiger partial charge in [-0.05, 0) is 37.6 Å². The maximum Gasteiger partial charge on any atom is 0.414 e. The highest BCUT2D eigenvalue weighted by molar-refractivity contribution is 5.99. The molecule has 4 rings (SSSR count). The number of anilines is 1. The summed E-state index contributed by atoms with van der Waals surface area (Å²) in [5, 5.41) is 9.20. The topological polar surface area (TPSA) is 133 Å². The molecule has 0 bridgehead atoms. The minimum absolute atomic E-state index is 0.191. The Balaban J connectivity index is 1.29. The zero-order chi connectivity index (χ0) is 25.7. The third kappa shape index (κ3) is 6.12. The lowest BCUT2D eigenvalue weighted by atomic mass is 10.1. The van der Waals surface area contributed by atoms with Crippen LogP contribution in [0, 0.1) is 0 Å². The van der Waals surface area contributed by atoms with Crippen LogP contribution in [-0.4, -0.2) is 103 Å². The fraction of sp³-hybridized carbons (Fsp3) is 0.583. The summed E-state index contributed by atoms with van der Waals surface area (Å²) in [5.41, 5.74) is 4.46. The van der Waals surface area contributed by atoms with Gasteiger partial charge in [-0.2, -0.15) is 0 Å². The number of hydrogen-bond acceptors (Lipinski definition) is 10. The Morgan fingerprint density at radius 1 is 1.19 bits per heavy atom. The predicted octanol–water partition coefficient (Wildman–Crippen LogP) is 1.05. The molecule has 0 radical (unpaired) electrons. The van der Waals surface area contributed by atoms with Crippen molar-refractivity contribution in [1.29, 1.82) is 0 Å². The number of aliphatic imine (C=N–C) groups is 1. The van der Waals surface area contributed by atoms with Gasteiger partial charge in [0.2, 0.25) is 0 Å². The monoisotopic (exact) mass is 503 g/mol. The maximum absolute atomic E-state index is 12.5. The van der Waals surface area contributed by atoms with Crippen LogP contribution >= 0.6 is 0 Å². The predicted molar refractivity (Wildman–Crippen MR) is 130 cm³/mol. The average Bonchev–Trinajstić information content (AvgIpc) is 3.50. The zero-order valence-corrected chi connectivity index (χ0v) is 20.6. The lowest BCUT2D eigenvalue weighted by molar-refractivity contribution is -0.155. The van der Waals surface area contributed by atoms with Crippen molar-refractivity contribution in [3.8, 4) is 0 Å². The van der Waals surface area contributed by atoms with E-state index in [0.29, 0.717) is 45.1 Å². The molecule has 3 atom stereocenters. The largest absolute Gasteiger partial charge is 0.481 e. The van der Waals surface area contributed by atoms with E-state index in [9.17, 15) is 19.5 Å². The molecule has 0 aromatic heterocycles. The molecule has 1 aromatic carbocycles. The summed E-state index contributed by atoms with van der Waals surface area (Å²) >= 11 is 0. The highest BCUT2D eigenvalue weighted by Gasteiger charge is 2.36. The van der Waals surface area contributed by atoms with Gasteiger partial charge in [0.05, 0.1) is 19.6 Å². The van der Waals surface area contributed by atoms with Crippen LogP contribution in [0.3, 0.4) is 0 Å². The van der Waals surface area contributed by atoms with Crippen LogP contribution in [0.15, 0.2) is 29.3 Å². The molecule has 1 aromatic rings. The number of benzene rings is 1. The molecule has 2 fully saturated rings. The van der Waals surface area contributed by atoms with Crippen molar-refractivity contribution in [2.24, 2.45) is 4.99 Å². The van der Waals surface area contributed by atoms with Crippen LogP contribution in [0.25, 0.3) is 0 Å². The number of carboxylic acids is 1. The van der Waals surface area contributed by atoms with Crippen molar-refractivity contribution < 1.29 is 33.8 Å². The average molecular weight is 504 g/mol. The van der Waals surface area contributed by atoms with Gasteiger partial charge in [-0.25, -0.2) is 20.1 Å². The van der Waals surface area contributed by atoms with Gasteiger partial charge in [0.1, 0.15) is 12.1 Å². The molecule has 3 unspecified atom stereocenters. The molecule has 2 N–H and O–H groups in total. The molecule has 196 valence electrons. The third-order valence-corrected chi connectivity index (χ3v) is 6.48. The summed E-state index contributed by atoms with van der Waals surface area (Å²) in [7, 11) is 0. The van der Waals surface area contributed by atoms with Crippen molar-refractivity contribution >= 4 is 29.6 Å². The Morgan fingerprint density at radius 2 is 1.92 bits per heavy atom. The van der Waals surface area contributed by atoms with Crippen LogP contribution in [0.1, 0.15) is 32.3 Å². The highest BCUT2D eigenvalue weighted by atomic mass is 16.7. The lowest BCUT2D eigenvalue weighted by Crippen LogP contribution is -2.54. The molecular weight excluding hydrogens is 470 g/mol. The van der Waals surface area contributed by atoms with E-state index < -0.39 is 18.0 Å². The van der Waals surface area contributed by atoms with Crippen molar-refractivity contribution in [3.63, 3.8) is 0 Å². The summed E-state index contributed by atoms with van der Waals surface area (Å²) < 4.78 is 10.7. The fourth-order valence-electron chi connectivity index (χ4n) is 4.57. The Kier molecular flexibility index (Phi) is 8.39. The smallest absolute Gasteiger partial charge is 0.414 e. The quantitative estimate of drug-likeness (QED) is 0.446. The van der Waals surface area contributed by atoms with Crippen LogP contribution in [0.2, 0.25) is 0 Å². The Labute approximate surface area is 209 Å². The van der Waals surface area contributed by atoms with Crippen molar-refractivity contribution in [2.75, 3.05) is 50.8 Å². The first kappa shape index (κ1) is 25.9. The SMILES string of the molecule is CCOC(=O)C(CC(=O)O)N1CCN(CC2CN(c3ccc(C4=NC(CC)ON4)cc3)C(=O)O2)CC1. The van der Waals surface area contributed by atoms with Gasteiger partial charge >= 0.3 is 18.0 Å². The molecule has 3 aliphatic heterocycles. The molecule has 36 heavy (non-hydrogen) atoms. The number of carbonyl (C=O) groups excluding carboxylic acids is 2. The first-order chi connectivity index (χ1) is 17.4. The second-order valence-corrected chi connectivity index (χ2v) is 8.93. The first-order valence-corrected chi connectivity index (χ1v) is 12.3. The number of piperazine rings is 1. The first-order valence-electron chi connectivity index (χ1n) is 12.3.